The highest BCUT2D eigenvalue weighted by Gasteiger charge is 2.43. The maximum absolute atomic E-state index is 9.38. The fraction of sp³-hybridized carbons (Fsp3) is 1.00. The van der Waals surface area contributed by atoms with E-state index in [0.29, 0.717) is 0 Å². The van der Waals surface area contributed by atoms with E-state index in [-0.39, 0.29) is 19.3 Å². The van der Waals surface area contributed by atoms with Crippen LogP contribution in [0.2, 0.25) is 0 Å². The average Bonchev–Trinajstić information content (AvgIpc) is 2.39. The molecule has 1 saturated heterocycles. The van der Waals surface area contributed by atoms with Crippen LogP contribution in [-0.4, -0.2) is 47.5 Å². The van der Waals surface area contributed by atoms with Crippen LogP contribution in [0.15, 0.2) is 0 Å². The van der Waals surface area contributed by atoms with Crippen molar-refractivity contribution in [2.45, 2.75) is 37.9 Å². The smallest absolute Gasteiger partial charge is 0.163 e. The maximum atomic E-state index is 9.38. The van der Waals surface area contributed by atoms with Gasteiger partial charge in [-0.2, -0.15) is 0 Å². The zero-order valence-electron chi connectivity index (χ0n) is 7.93. The quantitative estimate of drug-likeness (QED) is 0.523. The van der Waals surface area contributed by atoms with Crippen molar-refractivity contribution < 1.29 is 19.7 Å². The topological polar surface area (TPSA) is 84.9 Å². The Morgan fingerprint density at radius 2 is 2.08 bits per heavy atom. The molecule has 0 aromatic heterocycles. The molecule has 3 atom stereocenters. The van der Waals surface area contributed by atoms with Crippen molar-refractivity contribution in [1.82, 2.24) is 0 Å². The Labute approximate surface area is 77.4 Å². The van der Waals surface area contributed by atoms with Crippen LogP contribution < -0.4 is 5.73 Å². The van der Waals surface area contributed by atoms with Crippen LogP contribution in [0, 0.1) is 0 Å². The minimum atomic E-state index is -0.935. The third kappa shape index (κ3) is 2.38. The van der Waals surface area contributed by atoms with E-state index in [1.165, 1.54) is 0 Å². The fourth-order valence-electron chi connectivity index (χ4n) is 1.48. The number of nitrogens with two attached hydrogens (primary N) is 1. The summed E-state index contributed by atoms with van der Waals surface area (Å²) in [6, 6.07) is 0. The molecule has 5 nitrogen and oxygen atoms in total. The first-order valence-electron chi connectivity index (χ1n) is 4.35. The van der Waals surface area contributed by atoms with Gasteiger partial charge in [0.1, 0.15) is 18.3 Å². The molecule has 0 aromatic rings. The minimum Gasteiger partial charge on any atom is -0.394 e. The molecule has 0 saturated carbocycles. The number of aliphatic hydroxyl groups is 2. The van der Waals surface area contributed by atoms with E-state index < -0.39 is 18.0 Å². The van der Waals surface area contributed by atoms with Crippen LogP contribution in [0.4, 0.5) is 0 Å². The molecule has 0 bridgehead atoms. The monoisotopic (exact) mass is 191 g/mol. The summed E-state index contributed by atoms with van der Waals surface area (Å²) in [6.07, 6.45) is -1.82. The van der Waals surface area contributed by atoms with Crippen molar-refractivity contribution in [2.75, 3.05) is 13.2 Å². The molecule has 13 heavy (non-hydrogen) atoms. The van der Waals surface area contributed by atoms with Crippen molar-refractivity contribution in [3.63, 3.8) is 0 Å². The van der Waals surface area contributed by atoms with Crippen LogP contribution in [-0.2, 0) is 9.47 Å². The summed E-state index contributed by atoms with van der Waals surface area (Å²) < 4.78 is 10.8. The summed E-state index contributed by atoms with van der Waals surface area (Å²) >= 11 is 0. The second-order valence-corrected chi connectivity index (χ2v) is 3.62. The zero-order valence-corrected chi connectivity index (χ0v) is 7.93. The minimum absolute atomic E-state index is 0.269. The predicted octanol–water partition coefficient (Wildman–Crippen LogP) is -1.18. The highest BCUT2D eigenvalue weighted by Crippen LogP contribution is 2.29. The maximum Gasteiger partial charge on any atom is 0.163 e. The normalized spacial score (nSPS) is 34.8. The lowest BCUT2D eigenvalue weighted by Gasteiger charge is -2.19. The largest absolute Gasteiger partial charge is 0.394 e. The summed E-state index contributed by atoms with van der Waals surface area (Å²) in [5, 5.41) is 18.1. The van der Waals surface area contributed by atoms with E-state index in [4.69, 9.17) is 20.3 Å². The molecule has 1 fully saturated rings. The number of hydrogen-bond acceptors (Lipinski definition) is 5. The van der Waals surface area contributed by atoms with E-state index in [1.54, 1.807) is 13.8 Å². The van der Waals surface area contributed by atoms with Gasteiger partial charge >= 0.3 is 0 Å². The summed E-state index contributed by atoms with van der Waals surface area (Å²) in [4.78, 5) is 0. The molecule has 0 amide bonds. The molecule has 0 spiro atoms. The highest BCUT2D eigenvalue weighted by atomic mass is 16.8. The Morgan fingerprint density at radius 1 is 1.46 bits per heavy atom. The molecule has 0 radical (unpaired) electrons. The molecule has 78 valence electrons. The Bertz CT molecular complexity index is 174. The molecular formula is C8H17NO4. The number of rotatable bonds is 3. The van der Waals surface area contributed by atoms with Gasteiger partial charge in [-0.1, -0.05) is 0 Å². The van der Waals surface area contributed by atoms with E-state index >= 15 is 0 Å². The molecule has 0 unspecified atom stereocenters. The SMILES string of the molecule is CC1(C)O[C@H]([C@H](O)CO)[C@H](CN)O1. The lowest BCUT2D eigenvalue weighted by atomic mass is 10.1. The van der Waals surface area contributed by atoms with Crippen molar-refractivity contribution in [3.05, 3.63) is 0 Å². The van der Waals surface area contributed by atoms with Gasteiger partial charge in [-0.05, 0) is 13.8 Å². The number of aliphatic hydroxyl groups excluding tert-OH is 2. The Balaban J connectivity index is 2.63. The number of hydrogen-bond donors (Lipinski definition) is 3. The van der Waals surface area contributed by atoms with Crippen LogP contribution >= 0.6 is 0 Å². The average molecular weight is 191 g/mol. The molecule has 0 aliphatic carbocycles. The third-order valence-corrected chi connectivity index (χ3v) is 2.02. The van der Waals surface area contributed by atoms with Gasteiger partial charge in [-0.25, -0.2) is 0 Å². The van der Waals surface area contributed by atoms with Gasteiger partial charge in [0.25, 0.3) is 0 Å². The summed E-state index contributed by atoms with van der Waals surface area (Å²) in [5.41, 5.74) is 5.44. The molecule has 0 aromatic carbocycles. The molecule has 5 heteroatoms. The molecule has 1 aliphatic rings. The van der Waals surface area contributed by atoms with Crippen molar-refractivity contribution >= 4 is 0 Å². The first-order chi connectivity index (χ1) is 6.00. The lowest BCUT2D eigenvalue weighted by Crippen LogP contribution is -2.41. The third-order valence-electron chi connectivity index (χ3n) is 2.02. The lowest BCUT2D eigenvalue weighted by molar-refractivity contribution is -0.157. The first-order valence-corrected chi connectivity index (χ1v) is 4.35. The van der Waals surface area contributed by atoms with Crippen LogP contribution in [0.5, 0.6) is 0 Å². The molecule has 1 heterocycles. The van der Waals surface area contributed by atoms with Gasteiger partial charge in [0, 0.05) is 6.54 Å². The van der Waals surface area contributed by atoms with Crippen molar-refractivity contribution in [2.24, 2.45) is 5.73 Å². The van der Waals surface area contributed by atoms with Gasteiger partial charge in [0.15, 0.2) is 5.79 Å². The second-order valence-electron chi connectivity index (χ2n) is 3.62. The highest BCUT2D eigenvalue weighted by molar-refractivity contribution is 4.86. The van der Waals surface area contributed by atoms with Crippen molar-refractivity contribution in [3.8, 4) is 0 Å². The predicted molar refractivity (Wildman–Crippen MR) is 46.0 cm³/mol. The van der Waals surface area contributed by atoms with Crippen molar-refractivity contribution in [1.29, 1.82) is 0 Å². The van der Waals surface area contributed by atoms with Gasteiger partial charge in [-0.3, -0.25) is 0 Å². The van der Waals surface area contributed by atoms with E-state index in [0.717, 1.165) is 0 Å². The van der Waals surface area contributed by atoms with Gasteiger partial charge in [0.05, 0.1) is 6.61 Å². The van der Waals surface area contributed by atoms with Gasteiger partial charge in [0.2, 0.25) is 0 Å². The molecule has 1 aliphatic heterocycles. The molecular weight excluding hydrogens is 174 g/mol. The Kier molecular flexibility index (Phi) is 3.26. The molecule has 1 rings (SSSR count). The molecule has 4 N–H and O–H groups in total. The Hall–Kier alpha value is -0.200. The second kappa shape index (κ2) is 3.89. The van der Waals surface area contributed by atoms with Gasteiger partial charge in [-0.15, -0.1) is 0 Å². The van der Waals surface area contributed by atoms with Gasteiger partial charge < -0.3 is 25.4 Å². The van der Waals surface area contributed by atoms with Crippen LogP contribution in [0.3, 0.4) is 0 Å². The van der Waals surface area contributed by atoms with E-state index in [1.807, 2.05) is 0 Å². The first kappa shape index (κ1) is 10.9. The van der Waals surface area contributed by atoms with E-state index in [2.05, 4.69) is 0 Å². The van der Waals surface area contributed by atoms with Crippen LogP contribution in [0.25, 0.3) is 0 Å². The zero-order chi connectivity index (χ0) is 10.1. The fourth-order valence-corrected chi connectivity index (χ4v) is 1.48. The summed E-state index contributed by atoms with van der Waals surface area (Å²) in [5.74, 6) is -0.731. The summed E-state index contributed by atoms with van der Waals surface area (Å²) in [7, 11) is 0. The standard InChI is InChI=1S/C8H17NO4/c1-8(2)12-6(3-9)7(13-8)5(11)4-10/h5-7,10-11H,3-4,9H2,1-2H3/t5-,6+,7-/m1/s1. The Morgan fingerprint density at radius 3 is 2.54 bits per heavy atom. The van der Waals surface area contributed by atoms with Crippen LogP contribution in [0.1, 0.15) is 13.8 Å². The summed E-state index contributed by atoms with van der Waals surface area (Å²) in [6.45, 7) is 3.42. The number of ether oxygens (including phenoxy) is 2. The van der Waals surface area contributed by atoms with E-state index in [9.17, 15) is 5.11 Å².